The average molecular weight is 809 g/mol. The lowest BCUT2D eigenvalue weighted by Gasteiger charge is -2.29. The van der Waals surface area contributed by atoms with Crippen LogP contribution in [0.15, 0.2) is 223 Å². The maximum atomic E-state index is 6.78. The molecule has 0 saturated carbocycles. The van der Waals surface area contributed by atoms with Gasteiger partial charge in [-0.15, -0.1) is 11.3 Å². The largest absolute Gasteiger partial charge is 0.455 e. The highest BCUT2D eigenvalue weighted by Gasteiger charge is 2.24. The van der Waals surface area contributed by atoms with Gasteiger partial charge in [-0.1, -0.05) is 140 Å². The fourth-order valence-electron chi connectivity index (χ4n) is 9.84. The lowest BCUT2D eigenvalue weighted by atomic mass is 9.96. The predicted molar refractivity (Wildman–Crippen MR) is 264 cm³/mol. The number of fused-ring (bicyclic) bond motifs is 11. The summed E-state index contributed by atoms with van der Waals surface area (Å²) in [5.41, 5.74) is 13.3. The standard InChI is InChI=1S/C58H36N2OS/c1-2-15-40(16-3-1)59-50-23-10-7-19-44(50)48-36-39(31-35-51(48)59)37-28-32-41(33-29-37)60(52-24-13-25-53-57(52)47-34-30-38-14-4-5-17-42(38)58(47)61-53)49-22-9-6-18-43(49)45-21-12-27-55-56(45)46-20-8-11-26-54(46)62-55/h1-36H. The van der Waals surface area contributed by atoms with Gasteiger partial charge in [-0.25, -0.2) is 0 Å². The molecule has 0 aliphatic rings. The lowest BCUT2D eigenvalue weighted by molar-refractivity contribution is 0.672. The summed E-state index contributed by atoms with van der Waals surface area (Å²) in [4.78, 5) is 2.44. The Kier molecular flexibility index (Phi) is 7.78. The Bertz CT molecular complexity index is 3870. The van der Waals surface area contributed by atoms with Gasteiger partial charge in [0.2, 0.25) is 0 Å². The summed E-state index contributed by atoms with van der Waals surface area (Å²) in [5, 5.41) is 9.53. The minimum atomic E-state index is 0.863. The van der Waals surface area contributed by atoms with Crippen LogP contribution in [0.4, 0.5) is 17.1 Å². The summed E-state index contributed by atoms with van der Waals surface area (Å²) in [6.07, 6.45) is 0. The Morgan fingerprint density at radius 2 is 1.08 bits per heavy atom. The number of hydrogen-bond donors (Lipinski definition) is 0. The molecule has 0 unspecified atom stereocenters. The van der Waals surface area contributed by atoms with E-state index in [-0.39, 0.29) is 0 Å². The van der Waals surface area contributed by atoms with Crippen LogP contribution in [0.25, 0.3) is 103 Å². The number of hydrogen-bond acceptors (Lipinski definition) is 3. The van der Waals surface area contributed by atoms with E-state index in [0.717, 1.165) is 61.0 Å². The van der Waals surface area contributed by atoms with E-state index in [9.17, 15) is 0 Å². The predicted octanol–water partition coefficient (Wildman–Crippen LogP) is 17.0. The first-order valence-electron chi connectivity index (χ1n) is 21.1. The number of anilines is 3. The van der Waals surface area contributed by atoms with E-state index < -0.39 is 0 Å². The summed E-state index contributed by atoms with van der Waals surface area (Å²) in [5.74, 6) is 0. The number of furan rings is 1. The van der Waals surface area contributed by atoms with Crippen LogP contribution in [-0.4, -0.2) is 4.57 Å². The molecule has 0 aliphatic heterocycles. The molecule has 3 nitrogen and oxygen atoms in total. The number of rotatable bonds is 6. The maximum absolute atomic E-state index is 6.78. The third-order valence-corrected chi connectivity index (χ3v) is 13.7. The summed E-state index contributed by atoms with van der Waals surface area (Å²) < 4.78 is 11.7. The molecule has 3 aromatic heterocycles. The first-order valence-corrected chi connectivity index (χ1v) is 21.9. The zero-order chi connectivity index (χ0) is 40.7. The number of para-hydroxylation sites is 3. The van der Waals surface area contributed by atoms with Crippen LogP contribution in [0.5, 0.6) is 0 Å². The Morgan fingerprint density at radius 3 is 1.98 bits per heavy atom. The second kappa shape index (κ2) is 13.8. The van der Waals surface area contributed by atoms with Gasteiger partial charge in [0.25, 0.3) is 0 Å². The van der Waals surface area contributed by atoms with Crippen LogP contribution in [0, 0.1) is 0 Å². The van der Waals surface area contributed by atoms with Crippen molar-refractivity contribution in [2.24, 2.45) is 0 Å². The molecule has 62 heavy (non-hydrogen) atoms. The highest BCUT2D eigenvalue weighted by atomic mass is 32.1. The number of aromatic nitrogens is 1. The maximum Gasteiger partial charge on any atom is 0.143 e. The quantitative estimate of drug-likeness (QED) is 0.167. The molecule has 0 atom stereocenters. The zero-order valence-corrected chi connectivity index (χ0v) is 34.3. The molecule has 0 fully saturated rings. The minimum Gasteiger partial charge on any atom is -0.455 e. The summed E-state index contributed by atoms with van der Waals surface area (Å²) in [7, 11) is 0. The van der Waals surface area contributed by atoms with Crippen LogP contribution in [0.3, 0.4) is 0 Å². The van der Waals surface area contributed by atoms with Gasteiger partial charge in [-0.2, -0.15) is 0 Å². The number of nitrogens with zero attached hydrogens (tertiary/aromatic N) is 2. The first kappa shape index (κ1) is 34.9. The molecule has 0 spiro atoms. The molecule has 0 N–H and O–H groups in total. The van der Waals surface area contributed by atoms with Gasteiger partial charge in [0, 0.05) is 58.7 Å². The molecular weight excluding hydrogens is 773 g/mol. The van der Waals surface area contributed by atoms with Crippen molar-refractivity contribution in [1.82, 2.24) is 4.57 Å². The van der Waals surface area contributed by atoms with Crippen molar-refractivity contribution >= 4 is 103 Å². The molecule has 0 bridgehead atoms. The van der Waals surface area contributed by atoms with Gasteiger partial charge in [0.15, 0.2) is 0 Å². The molecule has 3 heterocycles. The first-order chi connectivity index (χ1) is 30.8. The average Bonchev–Trinajstić information content (AvgIpc) is 4.02. The fraction of sp³-hybridized carbons (Fsp3) is 0. The monoisotopic (exact) mass is 808 g/mol. The van der Waals surface area contributed by atoms with Gasteiger partial charge in [0.1, 0.15) is 11.2 Å². The summed E-state index contributed by atoms with van der Waals surface area (Å²) in [6, 6.07) is 79.2. The topological polar surface area (TPSA) is 21.3 Å². The van der Waals surface area contributed by atoms with Crippen molar-refractivity contribution in [3.63, 3.8) is 0 Å². The van der Waals surface area contributed by atoms with Gasteiger partial charge < -0.3 is 13.9 Å². The smallest absolute Gasteiger partial charge is 0.143 e. The Hall–Kier alpha value is -7.92. The number of thiophene rings is 1. The van der Waals surface area contributed by atoms with E-state index in [1.807, 2.05) is 11.3 Å². The molecular formula is C58H36N2OS. The Balaban J connectivity index is 1.02. The van der Waals surface area contributed by atoms with Crippen molar-refractivity contribution in [1.29, 1.82) is 0 Å². The van der Waals surface area contributed by atoms with Crippen LogP contribution in [0.1, 0.15) is 0 Å². The molecule has 0 amide bonds. The normalized spacial score (nSPS) is 11.9. The van der Waals surface area contributed by atoms with Crippen molar-refractivity contribution in [2.45, 2.75) is 0 Å². The molecule has 290 valence electrons. The molecule has 4 heteroatoms. The van der Waals surface area contributed by atoms with Crippen molar-refractivity contribution in [3.05, 3.63) is 218 Å². The van der Waals surface area contributed by atoms with Crippen molar-refractivity contribution in [3.8, 4) is 27.9 Å². The molecule has 13 aromatic rings. The van der Waals surface area contributed by atoms with E-state index in [0.29, 0.717) is 0 Å². The second-order valence-electron chi connectivity index (χ2n) is 16.0. The van der Waals surface area contributed by atoms with Crippen LogP contribution >= 0.6 is 11.3 Å². The van der Waals surface area contributed by atoms with Crippen molar-refractivity contribution in [2.75, 3.05) is 4.90 Å². The third-order valence-electron chi connectivity index (χ3n) is 12.6. The highest BCUT2D eigenvalue weighted by molar-refractivity contribution is 7.25. The minimum absolute atomic E-state index is 0.863. The third kappa shape index (κ3) is 5.30. The van der Waals surface area contributed by atoms with Crippen LogP contribution in [-0.2, 0) is 0 Å². The van der Waals surface area contributed by atoms with Crippen molar-refractivity contribution < 1.29 is 4.42 Å². The van der Waals surface area contributed by atoms with Gasteiger partial charge in [0.05, 0.1) is 27.8 Å². The highest BCUT2D eigenvalue weighted by Crippen LogP contribution is 2.49. The lowest BCUT2D eigenvalue weighted by Crippen LogP contribution is -2.11. The molecule has 13 rings (SSSR count). The SMILES string of the molecule is c1ccc(-n2c3ccccc3c3cc(-c4ccc(N(c5ccccc5-c5cccc6sc7ccccc7c56)c5cccc6oc7c8ccccc8ccc7c56)cc4)ccc32)cc1. The van der Waals surface area contributed by atoms with E-state index in [1.165, 1.54) is 58.7 Å². The van der Waals surface area contributed by atoms with Gasteiger partial charge in [-0.05, 0) is 101 Å². The molecule has 10 aromatic carbocycles. The fourth-order valence-corrected chi connectivity index (χ4v) is 11.0. The van der Waals surface area contributed by atoms with Crippen LogP contribution < -0.4 is 4.90 Å². The Labute approximate surface area is 361 Å². The van der Waals surface area contributed by atoms with E-state index in [1.54, 1.807) is 0 Å². The van der Waals surface area contributed by atoms with Crippen LogP contribution in [0.2, 0.25) is 0 Å². The van der Waals surface area contributed by atoms with Gasteiger partial charge in [-0.3, -0.25) is 0 Å². The summed E-state index contributed by atoms with van der Waals surface area (Å²) >= 11 is 1.86. The molecule has 0 saturated heterocycles. The van der Waals surface area contributed by atoms with E-state index >= 15 is 0 Å². The number of benzene rings is 10. The Morgan fingerprint density at radius 1 is 0.403 bits per heavy atom. The van der Waals surface area contributed by atoms with E-state index in [2.05, 4.69) is 228 Å². The van der Waals surface area contributed by atoms with Gasteiger partial charge >= 0.3 is 0 Å². The zero-order valence-electron chi connectivity index (χ0n) is 33.5. The molecule has 0 radical (unpaired) electrons. The van der Waals surface area contributed by atoms with E-state index in [4.69, 9.17) is 4.42 Å². The second-order valence-corrected chi connectivity index (χ2v) is 17.1. The molecule has 0 aliphatic carbocycles. The summed E-state index contributed by atoms with van der Waals surface area (Å²) in [6.45, 7) is 0.